The largest absolute Gasteiger partial charge is 0.496 e. The first kappa shape index (κ1) is 15.6. The SMILES string of the molecule is COc1ccc(OC)c2c1CN(c1nc(C)cc(C)n1)C[C@@H]2O. The van der Waals surface area contributed by atoms with Gasteiger partial charge in [-0.3, -0.25) is 0 Å². The molecule has 0 saturated heterocycles. The van der Waals surface area contributed by atoms with Crippen LogP contribution in [-0.2, 0) is 6.54 Å². The minimum Gasteiger partial charge on any atom is -0.496 e. The number of ether oxygens (including phenoxy) is 2. The maximum Gasteiger partial charge on any atom is 0.226 e. The Kier molecular flexibility index (Phi) is 4.09. The topological polar surface area (TPSA) is 67.7 Å². The number of rotatable bonds is 3. The van der Waals surface area contributed by atoms with E-state index in [1.165, 1.54) is 0 Å². The molecule has 0 saturated carbocycles. The summed E-state index contributed by atoms with van der Waals surface area (Å²) in [6.07, 6.45) is -0.687. The molecule has 0 spiro atoms. The van der Waals surface area contributed by atoms with Gasteiger partial charge < -0.3 is 19.5 Å². The van der Waals surface area contributed by atoms with E-state index in [1.54, 1.807) is 14.2 Å². The van der Waals surface area contributed by atoms with Crippen molar-refractivity contribution in [2.24, 2.45) is 0 Å². The molecular weight excluding hydrogens is 294 g/mol. The van der Waals surface area contributed by atoms with E-state index in [0.717, 1.165) is 28.3 Å². The molecule has 1 aromatic carbocycles. The first-order valence-electron chi connectivity index (χ1n) is 7.52. The van der Waals surface area contributed by atoms with Gasteiger partial charge in [0.05, 0.1) is 27.3 Å². The summed E-state index contributed by atoms with van der Waals surface area (Å²) in [5.41, 5.74) is 3.51. The normalized spacial score (nSPS) is 16.9. The van der Waals surface area contributed by atoms with Crippen molar-refractivity contribution >= 4 is 5.95 Å². The van der Waals surface area contributed by atoms with Gasteiger partial charge in [0.1, 0.15) is 17.6 Å². The molecule has 1 aromatic heterocycles. The summed E-state index contributed by atoms with van der Waals surface area (Å²) in [4.78, 5) is 11.0. The zero-order valence-electron chi connectivity index (χ0n) is 13.8. The van der Waals surface area contributed by atoms with E-state index in [-0.39, 0.29) is 0 Å². The molecule has 0 radical (unpaired) electrons. The predicted octanol–water partition coefficient (Wildman–Crippen LogP) is 2.16. The quantitative estimate of drug-likeness (QED) is 0.936. The van der Waals surface area contributed by atoms with Gasteiger partial charge in [-0.1, -0.05) is 0 Å². The molecule has 2 aromatic rings. The minimum absolute atomic E-state index is 0.416. The van der Waals surface area contributed by atoms with Crippen molar-refractivity contribution in [2.75, 3.05) is 25.7 Å². The van der Waals surface area contributed by atoms with E-state index in [1.807, 2.05) is 36.9 Å². The lowest BCUT2D eigenvalue weighted by Gasteiger charge is -2.34. The number of aliphatic hydroxyl groups excluding tert-OH is 1. The lowest BCUT2D eigenvalue weighted by Crippen LogP contribution is -2.35. The Hall–Kier alpha value is -2.34. The van der Waals surface area contributed by atoms with Crippen LogP contribution >= 0.6 is 0 Å². The van der Waals surface area contributed by atoms with Gasteiger partial charge in [-0.25, -0.2) is 9.97 Å². The summed E-state index contributed by atoms with van der Waals surface area (Å²) in [5.74, 6) is 2.03. The Morgan fingerprint density at radius 1 is 1.09 bits per heavy atom. The molecule has 3 rings (SSSR count). The first-order valence-corrected chi connectivity index (χ1v) is 7.52. The Morgan fingerprint density at radius 2 is 1.70 bits per heavy atom. The van der Waals surface area contributed by atoms with Crippen LogP contribution in [0.1, 0.15) is 28.6 Å². The van der Waals surface area contributed by atoms with Crippen LogP contribution in [0.4, 0.5) is 5.95 Å². The van der Waals surface area contributed by atoms with Crippen LogP contribution in [-0.4, -0.2) is 35.8 Å². The van der Waals surface area contributed by atoms with E-state index >= 15 is 0 Å². The zero-order valence-corrected chi connectivity index (χ0v) is 13.8. The maximum absolute atomic E-state index is 10.6. The van der Waals surface area contributed by atoms with Crippen LogP contribution in [0.3, 0.4) is 0 Å². The van der Waals surface area contributed by atoms with Crippen LogP contribution < -0.4 is 14.4 Å². The number of anilines is 1. The highest BCUT2D eigenvalue weighted by molar-refractivity contribution is 5.54. The molecule has 1 aliphatic rings. The molecule has 0 unspecified atom stereocenters. The molecule has 23 heavy (non-hydrogen) atoms. The van der Waals surface area contributed by atoms with Crippen molar-refractivity contribution in [3.63, 3.8) is 0 Å². The van der Waals surface area contributed by atoms with Crippen molar-refractivity contribution in [1.29, 1.82) is 0 Å². The number of nitrogens with zero attached hydrogens (tertiary/aromatic N) is 3. The smallest absolute Gasteiger partial charge is 0.226 e. The van der Waals surface area contributed by atoms with Crippen LogP contribution in [0.5, 0.6) is 11.5 Å². The highest BCUT2D eigenvalue weighted by atomic mass is 16.5. The third kappa shape index (κ3) is 2.82. The second-order valence-electron chi connectivity index (χ2n) is 5.71. The van der Waals surface area contributed by atoms with E-state index in [4.69, 9.17) is 9.47 Å². The van der Waals surface area contributed by atoms with Crippen molar-refractivity contribution in [3.05, 3.63) is 40.7 Å². The van der Waals surface area contributed by atoms with Crippen LogP contribution in [0, 0.1) is 13.8 Å². The summed E-state index contributed by atoms with van der Waals surface area (Å²) in [7, 11) is 3.23. The number of hydrogen-bond acceptors (Lipinski definition) is 6. The van der Waals surface area contributed by atoms with E-state index < -0.39 is 6.10 Å². The first-order chi connectivity index (χ1) is 11.0. The molecule has 0 fully saturated rings. The Bertz CT molecular complexity index is 713. The Balaban J connectivity index is 2.06. The molecule has 1 atom stereocenters. The average molecular weight is 315 g/mol. The number of hydrogen-bond donors (Lipinski definition) is 1. The van der Waals surface area contributed by atoms with E-state index in [9.17, 15) is 5.11 Å². The van der Waals surface area contributed by atoms with Gasteiger partial charge in [-0.05, 0) is 32.0 Å². The van der Waals surface area contributed by atoms with Crippen LogP contribution in [0.15, 0.2) is 18.2 Å². The van der Waals surface area contributed by atoms with Gasteiger partial charge in [0.15, 0.2) is 0 Å². The molecule has 1 N–H and O–H groups in total. The molecule has 122 valence electrons. The number of fused-ring (bicyclic) bond motifs is 1. The average Bonchev–Trinajstić information content (AvgIpc) is 2.52. The summed E-state index contributed by atoms with van der Waals surface area (Å²) in [5, 5.41) is 10.6. The standard InChI is InChI=1S/C17H21N3O3/c1-10-7-11(2)19-17(18-10)20-8-12-14(22-3)5-6-15(23-4)16(12)13(21)9-20/h5-7,13,21H,8-9H2,1-4H3/t13-/m0/s1. The van der Waals surface area contributed by atoms with Gasteiger partial charge in [0, 0.05) is 22.5 Å². The lowest BCUT2D eigenvalue weighted by atomic mass is 9.95. The third-order valence-corrected chi connectivity index (χ3v) is 4.04. The third-order valence-electron chi connectivity index (χ3n) is 4.04. The molecule has 0 bridgehead atoms. The van der Waals surface area contributed by atoms with Crippen LogP contribution in [0.25, 0.3) is 0 Å². The van der Waals surface area contributed by atoms with Crippen molar-refractivity contribution < 1.29 is 14.6 Å². The number of aliphatic hydroxyl groups is 1. The van der Waals surface area contributed by atoms with Gasteiger partial charge in [-0.15, -0.1) is 0 Å². The molecule has 0 amide bonds. The summed E-state index contributed by atoms with van der Waals surface area (Å²) in [6.45, 7) is 4.86. The van der Waals surface area contributed by atoms with E-state index in [0.29, 0.717) is 24.8 Å². The monoisotopic (exact) mass is 315 g/mol. The molecule has 1 aliphatic heterocycles. The second-order valence-corrected chi connectivity index (χ2v) is 5.71. The Morgan fingerprint density at radius 3 is 2.30 bits per heavy atom. The number of aryl methyl sites for hydroxylation is 2. The van der Waals surface area contributed by atoms with Crippen molar-refractivity contribution in [2.45, 2.75) is 26.5 Å². The molecule has 0 aliphatic carbocycles. The van der Waals surface area contributed by atoms with Crippen molar-refractivity contribution in [1.82, 2.24) is 9.97 Å². The molecular formula is C17H21N3O3. The number of methoxy groups -OCH3 is 2. The fraction of sp³-hybridized carbons (Fsp3) is 0.412. The fourth-order valence-electron chi connectivity index (χ4n) is 3.08. The summed E-state index contributed by atoms with van der Waals surface area (Å²) >= 11 is 0. The van der Waals surface area contributed by atoms with Crippen molar-refractivity contribution in [3.8, 4) is 11.5 Å². The maximum atomic E-state index is 10.6. The lowest BCUT2D eigenvalue weighted by molar-refractivity contribution is 0.169. The van der Waals surface area contributed by atoms with E-state index in [2.05, 4.69) is 9.97 Å². The minimum atomic E-state index is -0.687. The van der Waals surface area contributed by atoms with Gasteiger partial charge in [-0.2, -0.15) is 0 Å². The summed E-state index contributed by atoms with van der Waals surface area (Å²) < 4.78 is 10.9. The van der Waals surface area contributed by atoms with Gasteiger partial charge in [0.2, 0.25) is 5.95 Å². The zero-order chi connectivity index (χ0) is 16.6. The molecule has 2 heterocycles. The number of benzene rings is 1. The van der Waals surface area contributed by atoms with Crippen LogP contribution in [0.2, 0.25) is 0 Å². The highest BCUT2D eigenvalue weighted by Crippen LogP contribution is 2.40. The molecule has 6 nitrogen and oxygen atoms in total. The summed E-state index contributed by atoms with van der Waals surface area (Å²) in [6, 6.07) is 5.61. The van der Waals surface area contributed by atoms with Gasteiger partial charge in [0.25, 0.3) is 0 Å². The fourth-order valence-corrected chi connectivity index (χ4v) is 3.08. The highest BCUT2D eigenvalue weighted by Gasteiger charge is 2.30. The van der Waals surface area contributed by atoms with Gasteiger partial charge >= 0.3 is 0 Å². The second kappa shape index (κ2) is 6.04. The molecule has 6 heteroatoms. The number of β-amino-alcohol motifs (C(OH)–C–C–N with tert-alkyl or cyclic N) is 1. The Labute approximate surface area is 135 Å². The number of aromatic nitrogens is 2. The predicted molar refractivity (Wildman–Crippen MR) is 87.1 cm³/mol.